The van der Waals surface area contributed by atoms with Crippen molar-refractivity contribution >= 4 is 43.3 Å². The molecule has 2 saturated heterocycles. The number of imidazole rings is 1. The van der Waals surface area contributed by atoms with Gasteiger partial charge in [-0.2, -0.15) is 0 Å². The Morgan fingerprint density at radius 2 is 1.89 bits per heavy atom. The first-order valence-electron chi connectivity index (χ1n) is 12.1. The number of benzene rings is 1. The molecule has 2 fully saturated rings. The molecular formula is C25H37Cl3FN5O2. The van der Waals surface area contributed by atoms with E-state index in [9.17, 15) is 9.18 Å². The van der Waals surface area contributed by atoms with Gasteiger partial charge in [0, 0.05) is 49.4 Å². The van der Waals surface area contributed by atoms with E-state index in [0.29, 0.717) is 31.2 Å². The molecule has 0 spiro atoms. The zero-order chi connectivity index (χ0) is 23.1. The maximum absolute atomic E-state index is 13.6. The number of rotatable bonds is 5. The third-order valence-corrected chi connectivity index (χ3v) is 7.86. The molecule has 2 N–H and O–H groups in total. The molecule has 2 bridgehead atoms. The Bertz CT molecular complexity index is 1030. The number of nitrogens with two attached hydrogens (primary N) is 1. The predicted molar refractivity (Wildman–Crippen MR) is 145 cm³/mol. The summed E-state index contributed by atoms with van der Waals surface area (Å²) in [6, 6.07) is 8.10. The average molecular weight is 565 g/mol. The number of methoxy groups -OCH3 is 1. The summed E-state index contributed by atoms with van der Waals surface area (Å²) in [5.74, 6) is 0.829. The fraction of sp³-hybridized carbons (Fsp3) is 0.600. The molecule has 1 amide bonds. The number of nitrogens with zero attached hydrogens (tertiary/aromatic N) is 4. The van der Waals surface area contributed by atoms with Gasteiger partial charge in [0.1, 0.15) is 11.6 Å². The maximum Gasteiger partial charge on any atom is 0.409 e. The molecule has 36 heavy (non-hydrogen) atoms. The number of carbonyl (C=O) groups excluding carboxylic acids is 1. The van der Waals surface area contributed by atoms with Crippen molar-refractivity contribution < 1.29 is 13.9 Å². The summed E-state index contributed by atoms with van der Waals surface area (Å²) in [4.78, 5) is 21.2. The van der Waals surface area contributed by atoms with Crippen molar-refractivity contribution in [1.82, 2.24) is 19.4 Å². The zero-order valence-electron chi connectivity index (χ0n) is 20.8. The molecule has 11 heteroatoms. The molecule has 3 atom stereocenters. The average Bonchev–Trinajstić information content (AvgIpc) is 3.26. The van der Waals surface area contributed by atoms with Crippen LogP contribution in [0, 0.1) is 12.7 Å². The number of piperidine rings is 1. The van der Waals surface area contributed by atoms with E-state index in [1.807, 2.05) is 6.07 Å². The van der Waals surface area contributed by atoms with Crippen molar-refractivity contribution in [2.75, 3.05) is 20.2 Å². The van der Waals surface area contributed by atoms with Gasteiger partial charge in [-0.05, 0) is 56.7 Å². The summed E-state index contributed by atoms with van der Waals surface area (Å²) >= 11 is 0. The van der Waals surface area contributed by atoms with Crippen LogP contribution in [0.1, 0.15) is 67.0 Å². The van der Waals surface area contributed by atoms with E-state index in [1.165, 1.54) is 31.7 Å². The molecular weight excluding hydrogens is 528 g/mol. The Hall–Kier alpha value is -1.58. The number of hydrogen-bond donors (Lipinski definition) is 1. The van der Waals surface area contributed by atoms with Crippen molar-refractivity contribution in [1.29, 1.82) is 0 Å². The predicted octanol–water partition coefficient (Wildman–Crippen LogP) is 4.98. The number of aromatic nitrogens is 2. The second-order valence-electron chi connectivity index (χ2n) is 9.76. The Kier molecular flexibility index (Phi) is 10.9. The fourth-order valence-electron chi connectivity index (χ4n) is 6.32. The monoisotopic (exact) mass is 563 g/mol. The SMILES string of the molecule is COC(=O)N1CCc2c(nc(C)n2C2CC3CCC(C2)N3CC[C@H](N)c2cccc(F)c2)C1.Cl.Cl.Cl. The van der Waals surface area contributed by atoms with Crippen LogP contribution >= 0.6 is 37.2 Å². The summed E-state index contributed by atoms with van der Waals surface area (Å²) in [6.45, 7) is 4.25. The Morgan fingerprint density at radius 3 is 2.53 bits per heavy atom. The van der Waals surface area contributed by atoms with Crippen molar-refractivity contribution in [3.8, 4) is 0 Å². The first kappa shape index (κ1) is 30.6. The highest BCUT2D eigenvalue weighted by Crippen LogP contribution is 2.42. The summed E-state index contributed by atoms with van der Waals surface area (Å²) in [5.41, 5.74) is 9.57. The van der Waals surface area contributed by atoms with E-state index in [0.717, 1.165) is 49.3 Å². The van der Waals surface area contributed by atoms with Gasteiger partial charge in [-0.1, -0.05) is 12.1 Å². The lowest BCUT2D eigenvalue weighted by Gasteiger charge is -2.41. The van der Waals surface area contributed by atoms with Crippen LogP contribution in [0.25, 0.3) is 0 Å². The highest BCUT2D eigenvalue weighted by Gasteiger charge is 2.42. The smallest absolute Gasteiger partial charge is 0.409 e. The van der Waals surface area contributed by atoms with Gasteiger partial charge in [0.05, 0.1) is 19.3 Å². The minimum absolute atomic E-state index is 0. The van der Waals surface area contributed by atoms with Gasteiger partial charge in [0.15, 0.2) is 0 Å². The second kappa shape index (κ2) is 12.8. The summed E-state index contributed by atoms with van der Waals surface area (Å²) in [7, 11) is 1.43. The van der Waals surface area contributed by atoms with Crippen LogP contribution in [-0.2, 0) is 17.7 Å². The van der Waals surface area contributed by atoms with Crippen molar-refractivity contribution in [2.24, 2.45) is 5.73 Å². The summed E-state index contributed by atoms with van der Waals surface area (Å²) in [6.07, 6.45) is 6.07. The van der Waals surface area contributed by atoms with Gasteiger partial charge < -0.3 is 19.9 Å². The summed E-state index contributed by atoms with van der Waals surface area (Å²) < 4.78 is 20.9. The maximum atomic E-state index is 13.6. The van der Waals surface area contributed by atoms with Gasteiger partial charge in [-0.25, -0.2) is 14.2 Å². The zero-order valence-corrected chi connectivity index (χ0v) is 23.2. The van der Waals surface area contributed by atoms with E-state index >= 15 is 0 Å². The molecule has 1 aromatic carbocycles. The van der Waals surface area contributed by atoms with Crippen LogP contribution in [0.3, 0.4) is 0 Å². The third kappa shape index (κ3) is 5.94. The van der Waals surface area contributed by atoms with Crippen LogP contribution in [0.4, 0.5) is 9.18 Å². The minimum atomic E-state index is -0.282. The summed E-state index contributed by atoms with van der Waals surface area (Å²) in [5, 5.41) is 0. The van der Waals surface area contributed by atoms with Gasteiger partial charge >= 0.3 is 6.09 Å². The van der Waals surface area contributed by atoms with Gasteiger partial charge in [0.2, 0.25) is 0 Å². The van der Waals surface area contributed by atoms with E-state index in [4.69, 9.17) is 15.5 Å². The van der Waals surface area contributed by atoms with Crippen LogP contribution in [0.5, 0.6) is 0 Å². The van der Waals surface area contributed by atoms with E-state index in [-0.39, 0.29) is 55.2 Å². The molecule has 3 aliphatic rings. The normalized spacial score (nSPS) is 23.6. The van der Waals surface area contributed by atoms with E-state index in [1.54, 1.807) is 17.0 Å². The lowest BCUT2D eigenvalue weighted by Crippen LogP contribution is -2.45. The van der Waals surface area contributed by atoms with Crippen LogP contribution in [0.15, 0.2) is 24.3 Å². The highest BCUT2D eigenvalue weighted by atomic mass is 35.5. The number of aryl methyl sites for hydroxylation is 1. The number of carbonyl (C=O) groups is 1. The number of amides is 1. The lowest BCUT2D eigenvalue weighted by atomic mass is 9.95. The van der Waals surface area contributed by atoms with Gasteiger partial charge in [-0.3, -0.25) is 4.90 Å². The van der Waals surface area contributed by atoms with Gasteiger partial charge in [-0.15, -0.1) is 37.2 Å². The highest BCUT2D eigenvalue weighted by molar-refractivity contribution is 5.86. The van der Waals surface area contributed by atoms with Gasteiger partial charge in [0.25, 0.3) is 0 Å². The van der Waals surface area contributed by atoms with Crippen molar-refractivity contribution in [3.05, 3.63) is 52.9 Å². The molecule has 1 aromatic heterocycles. The quantitative estimate of drug-likeness (QED) is 0.554. The molecule has 2 aromatic rings. The minimum Gasteiger partial charge on any atom is -0.453 e. The molecule has 3 aliphatic heterocycles. The third-order valence-electron chi connectivity index (χ3n) is 7.86. The second-order valence-corrected chi connectivity index (χ2v) is 9.76. The molecule has 202 valence electrons. The Morgan fingerprint density at radius 1 is 1.19 bits per heavy atom. The first-order chi connectivity index (χ1) is 15.9. The number of halogens is 4. The fourth-order valence-corrected chi connectivity index (χ4v) is 6.32. The first-order valence-corrected chi connectivity index (χ1v) is 12.1. The van der Waals surface area contributed by atoms with Crippen molar-refractivity contribution in [3.63, 3.8) is 0 Å². The number of fused-ring (bicyclic) bond motifs is 3. The van der Waals surface area contributed by atoms with E-state index < -0.39 is 0 Å². The Labute approximate surface area is 231 Å². The largest absolute Gasteiger partial charge is 0.453 e. The Balaban J connectivity index is 0.00000152. The molecule has 2 unspecified atom stereocenters. The van der Waals surface area contributed by atoms with Crippen molar-refractivity contribution in [2.45, 2.75) is 76.2 Å². The molecule has 4 heterocycles. The lowest BCUT2D eigenvalue weighted by molar-refractivity contribution is 0.100. The van der Waals surface area contributed by atoms with Crippen LogP contribution in [0.2, 0.25) is 0 Å². The number of hydrogen-bond acceptors (Lipinski definition) is 5. The van der Waals surface area contributed by atoms with Crippen LogP contribution < -0.4 is 5.73 Å². The van der Waals surface area contributed by atoms with Crippen LogP contribution in [-0.4, -0.2) is 57.7 Å². The topological polar surface area (TPSA) is 76.6 Å². The molecule has 0 saturated carbocycles. The molecule has 0 radical (unpaired) electrons. The molecule has 7 nitrogen and oxygen atoms in total. The van der Waals surface area contributed by atoms with E-state index in [2.05, 4.69) is 16.4 Å². The number of ether oxygens (including phenoxy) is 1. The molecule has 0 aliphatic carbocycles. The standard InChI is InChI=1S/C25H34FN5O2.3ClH/c1-16-28-23-15-29(25(32)33-2)10-9-24(23)31(16)21-13-19-6-7-20(14-21)30(19)11-8-22(27)17-4-3-5-18(26)12-17;;;/h3-5,12,19-22H,6-11,13-15,27H2,1-2H3;3*1H/t19?,20?,21?,22-;;;/m0.../s1. The molecule has 5 rings (SSSR count).